The van der Waals surface area contributed by atoms with Gasteiger partial charge in [0.2, 0.25) is 5.91 Å². The third-order valence-electron chi connectivity index (χ3n) is 3.40. The van der Waals surface area contributed by atoms with Crippen molar-refractivity contribution in [3.8, 4) is 0 Å². The second-order valence-electron chi connectivity index (χ2n) is 4.46. The van der Waals surface area contributed by atoms with E-state index < -0.39 is 11.9 Å². The molecule has 2 unspecified atom stereocenters. The number of rotatable bonds is 2. The number of carboxylic acid groups (broad SMARTS) is 1. The fourth-order valence-electron chi connectivity index (χ4n) is 2.53. The van der Waals surface area contributed by atoms with Crippen LogP contribution >= 0.6 is 0 Å². The number of nitrogens with zero attached hydrogens (tertiary/aromatic N) is 1. The molecule has 2 rings (SSSR count). The zero-order valence-corrected chi connectivity index (χ0v) is 9.22. The number of aliphatic carboxylic acids is 1. The van der Waals surface area contributed by atoms with E-state index in [4.69, 9.17) is 9.94 Å². The smallest absolute Gasteiger partial charge is 0.307 e. The molecular weight excluding hydrogens is 210 g/mol. The van der Waals surface area contributed by atoms with E-state index in [0.717, 1.165) is 19.3 Å². The molecule has 0 spiro atoms. The summed E-state index contributed by atoms with van der Waals surface area (Å²) in [7, 11) is 0. The normalized spacial score (nSPS) is 30.4. The zero-order valence-electron chi connectivity index (χ0n) is 9.22. The van der Waals surface area contributed by atoms with Gasteiger partial charge in [-0.25, -0.2) is 5.06 Å². The van der Waals surface area contributed by atoms with Crippen LogP contribution in [0.15, 0.2) is 0 Å². The van der Waals surface area contributed by atoms with Crippen molar-refractivity contribution >= 4 is 11.9 Å². The minimum Gasteiger partial charge on any atom is -0.481 e. The highest BCUT2D eigenvalue weighted by atomic mass is 16.7. The lowest BCUT2D eigenvalue weighted by Crippen LogP contribution is -2.40. The summed E-state index contributed by atoms with van der Waals surface area (Å²) in [6.07, 6.45) is 3.97. The Morgan fingerprint density at radius 1 is 1.12 bits per heavy atom. The van der Waals surface area contributed by atoms with E-state index in [9.17, 15) is 9.59 Å². The Kier molecular flexibility index (Phi) is 3.43. The highest BCUT2D eigenvalue weighted by molar-refractivity contribution is 5.84. The Morgan fingerprint density at radius 2 is 1.81 bits per heavy atom. The molecule has 5 nitrogen and oxygen atoms in total. The average Bonchev–Trinajstić information content (AvgIpc) is 2.81. The average molecular weight is 227 g/mol. The highest BCUT2D eigenvalue weighted by Crippen LogP contribution is 2.32. The summed E-state index contributed by atoms with van der Waals surface area (Å²) in [4.78, 5) is 28.3. The van der Waals surface area contributed by atoms with Gasteiger partial charge in [-0.05, 0) is 19.3 Å². The predicted molar refractivity (Wildman–Crippen MR) is 55.4 cm³/mol. The molecule has 0 aromatic carbocycles. The van der Waals surface area contributed by atoms with Crippen molar-refractivity contribution in [2.45, 2.75) is 32.1 Å². The second-order valence-corrected chi connectivity index (χ2v) is 4.46. The van der Waals surface area contributed by atoms with Gasteiger partial charge in [0.15, 0.2) is 0 Å². The van der Waals surface area contributed by atoms with Crippen molar-refractivity contribution in [1.82, 2.24) is 5.06 Å². The van der Waals surface area contributed by atoms with Crippen molar-refractivity contribution in [2.75, 3.05) is 13.2 Å². The van der Waals surface area contributed by atoms with Gasteiger partial charge in [-0.3, -0.25) is 14.4 Å². The van der Waals surface area contributed by atoms with E-state index in [1.54, 1.807) is 0 Å². The Morgan fingerprint density at radius 3 is 2.38 bits per heavy atom. The molecule has 90 valence electrons. The van der Waals surface area contributed by atoms with Crippen LogP contribution in [0.2, 0.25) is 0 Å². The first kappa shape index (κ1) is 11.4. The van der Waals surface area contributed by atoms with Crippen LogP contribution in [-0.2, 0) is 14.4 Å². The number of hydrogen-bond donors (Lipinski definition) is 1. The minimum absolute atomic E-state index is 0.135. The Hall–Kier alpha value is -1.10. The van der Waals surface area contributed by atoms with E-state index in [1.165, 1.54) is 5.06 Å². The number of carbonyl (C=O) groups is 2. The molecule has 0 aromatic rings. The first-order valence-electron chi connectivity index (χ1n) is 5.87. The number of carbonyl (C=O) groups excluding carboxylic acids is 1. The standard InChI is InChI=1S/C11H17NO4/c13-10(12-6-3-7-16-12)8-4-1-2-5-9(8)11(14)15/h8-9H,1-7H2,(H,14,15). The van der Waals surface area contributed by atoms with Crippen LogP contribution in [0.5, 0.6) is 0 Å². The maximum absolute atomic E-state index is 12.1. The number of carboxylic acids is 1. The lowest BCUT2D eigenvalue weighted by Gasteiger charge is -2.29. The molecule has 1 heterocycles. The third kappa shape index (κ3) is 2.19. The molecule has 1 saturated heterocycles. The molecule has 1 saturated carbocycles. The summed E-state index contributed by atoms with van der Waals surface area (Å²) in [6.45, 7) is 1.16. The summed E-state index contributed by atoms with van der Waals surface area (Å²) in [5, 5.41) is 10.4. The van der Waals surface area contributed by atoms with Crippen molar-refractivity contribution in [1.29, 1.82) is 0 Å². The molecule has 0 bridgehead atoms. The van der Waals surface area contributed by atoms with Crippen LogP contribution in [0.25, 0.3) is 0 Å². The Balaban J connectivity index is 2.04. The zero-order chi connectivity index (χ0) is 11.5. The van der Waals surface area contributed by atoms with Gasteiger partial charge in [-0.1, -0.05) is 12.8 Å². The molecule has 2 fully saturated rings. The van der Waals surface area contributed by atoms with Crippen molar-refractivity contribution < 1.29 is 19.5 Å². The lowest BCUT2D eigenvalue weighted by molar-refractivity contribution is -0.179. The number of amides is 1. The monoisotopic (exact) mass is 227 g/mol. The van der Waals surface area contributed by atoms with Crippen LogP contribution in [0.1, 0.15) is 32.1 Å². The van der Waals surface area contributed by atoms with Crippen LogP contribution in [0, 0.1) is 11.8 Å². The SMILES string of the molecule is O=C(O)C1CCCCC1C(=O)N1CCCO1. The molecule has 16 heavy (non-hydrogen) atoms. The van der Waals surface area contributed by atoms with Gasteiger partial charge >= 0.3 is 5.97 Å². The Bertz CT molecular complexity index is 286. The van der Waals surface area contributed by atoms with E-state index >= 15 is 0 Å². The summed E-state index contributed by atoms with van der Waals surface area (Å²) >= 11 is 0. The molecule has 5 heteroatoms. The highest BCUT2D eigenvalue weighted by Gasteiger charge is 2.38. The van der Waals surface area contributed by atoms with Crippen LogP contribution in [0.3, 0.4) is 0 Å². The quantitative estimate of drug-likeness (QED) is 0.765. The third-order valence-corrected chi connectivity index (χ3v) is 3.40. The van der Waals surface area contributed by atoms with Gasteiger partial charge in [0.05, 0.1) is 25.0 Å². The molecular formula is C11H17NO4. The summed E-state index contributed by atoms with van der Waals surface area (Å²) in [5.74, 6) is -1.89. The van der Waals surface area contributed by atoms with Crippen LogP contribution in [0.4, 0.5) is 0 Å². The topological polar surface area (TPSA) is 66.8 Å². The molecule has 2 atom stereocenters. The summed E-state index contributed by atoms with van der Waals surface area (Å²) in [5.41, 5.74) is 0. The molecule has 1 amide bonds. The van der Waals surface area contributed by atoms with Gasteiger partial charge in [0.25, 0.3) is 0 Å². The van der Waals surface area contributed by atoms with Crippen molar-refractivity contribution in [2.24, 2.45) is 11.8 Å². The van der Waals surface area contributed by atoms with E-state index in [2.05, 4.69) is 0 Å². The summed E-state index contributed by atoms with van der Waals surface area (Å²) < 4.78 is 0. The fourth-order valence-corrected chi connectivity index (χ4v) is 2.53. The van der Waals surface area contributed by atoms with Crippen LogP contribution in [-0.4, -0.2) is 35.2 Å². The first-order valence-corrected chi connectivity index (χ1v) is 5.87. The van der Waals surface area contributed by atoms with Gasteiger partial charge in [-0.15, -0.1) is 0 Å². The van der Waals surface area contributed by atoms with E-state index in [0.29, 0.717) is 26.0 Å². The largest absolute Gasteiger partial charge is 0.481 e. The molecule has 1 aliphatic heterocycles. The molecule has 1 aliphatic carbocycles. The lowest BCUT2D eigenvalue weighted by atomic mass is 9.78. The van der Waals surface area contributed by atoms with Crippen molar-refractivity contribution in [3.05, 3.63) is 0 Å². The Labute approximate surface area is 94.3 Å². The second kappa shape index (κ2) is 4.82. The molecule has 0 radical (unpaired) electrons. The predicted octanol–water partition coefficient (Wildman–Crippen LogP) is 1.04. The first-order chi connectivity index (χ1) is 7.70. The molecule has 0 aromatic heterocycles. The summed E-state index contributed by atoms with van der Waals surface area (Å²) in [6, 6.07) is 0. The molecule has 2 aliphatic rings. The van der Waals surface area contributed by atoms with E-state index in [-0.39, 0.29) is 11.8 Å². The van der Waals surface area contributed by atoms with Gasteiger partial charge in [0, 0.05) is 0 Å². The number of hydroxylamine groups is 2. The minimum atomic E-state index is -0.850. The van der Waals surface area contributed by atoms with Crippen molar-refractivity contribution in [3.63, 3.8) is 0 Å². The van der Waals surface area contributed by atoms with Gasteiger partial charge in [0.1, 0.15) is 0 Å². The number of hydrogen-bond acceptors (Lipinski definition) is 3. The van der Waals surface area contributed by atoms with Crippen LogP contribution < -0.4 is 0 Å². The van der Waals surface area contributed by atoms with Gasteiger partial charge < -0.3 is 5.11 Å². The van der Waals surface area contributed by atoms with E-state index in [1.807, 2.05) is 0 Å². The maximum atomic E-state index is 12.1. The molecule has 1 N–H and O–H groups in total. The fraction of sp³-hybridized carbons (Fsp3) is 0.818. The maximum Gasteiger partial charge on any atom is 0.307 e. The van der Waals surface area contributed by atoms with Gasteiger partial charge in [-0.2, -0.15) is 0 Å².